The predicted molar refractivity (Wildman–Crippen MR) is 219 cm³/mol. The van der Waals surface area contributed by atoms with E-state index in [2.05, 4.69) is 4.98 Å². The number of ether oxygens (including phenoxy) is 4. The van der Waals surface area contributed by atoms with Crippen molar-refractivity contribution in [1.82, 2.24) is 19.7 Å². The molecule has 1 saturated heterocycles. The van der Waals surface area contributed by atoms with Crippen LogP contribution in [0.15, 0.2) is 42.1 Å². The molecular formula is C42H49Cl2F3N4O7S. The Labute approximate surface area is 356 Å². The normalized spacial score (nSPS) is 18.5. The zero-order valence-electron chi connectivity index (χ0n) is 34.3. The summed E-state index contributed by atoms with van der Waals surface area (Å²) in [5.41, 5.74) is -0.389. The zero-order valence-corrected chi connectivity index (χ0v) is 36.6. The lowest BCUT2D eigenvalue weighted by molar-refractivity contribution is -0.138. The van der Waals surface area contributed by atoms with Crippen molar-refractivity contribution < 1.29 is 46.5 Å². The average molecular weight is 882 g/mol. The summed E-state index contributed by atoms with van der Waals surface area (Å²) in [4.78, 5) is 52.7. The number of piperazine rings is 1. The third-order valence-corrected chi connectivity index (χ3v) is 11.5. The molecule has 1 aliphatic carbocycles. The molecule has 59 heavy (non-hydrogen) atoms. The highest BCUT2D eigenvalue weighted by Crippen LogP contribution is 2.44. The number of fused-ring (bicyclic) bond motifs is 2. The van der Waals surface area contributed by atoms with Crippen molar-refractivity contribution in [1.29, 1.82) is 0 Å². The number of rotatable bonds is 10. The Hall–Kier alpha value is -4.21. The second-order valence-electron chi connectivity index (χ2n) is 17.0. The molecule has 320 valence electrons. The van der Waals surface area contributed by atoms with Gasteiger partial charge in [0.05, 0.1) is 32.6 Å². The second-order valence-corrected chi connectivity index (χ2v) is 18.8. The van der Waals surface area contributed by atoms with Crippen molar-refractivity contribution in [2.24, 2.45) is 0 Å². The van der Waals surface area contributed by atoms with Crippen LogP contribution in [0.2, 0.25) is 10.0 Å². The van der Waals surface area contributed by atoms with Crippen molar-refractivity contribution >= 4 is 58.2 Å². The zero-order chi connectivity index (χ0) is 43.2. The Morgan fingerprint density at radius 3 is 2.15 bits per heavy atom. The highest BCUT2D eigenvalue weighted by Gasteiger charge is 2.51. The van der Waals surface area contributed by atoms with Crippen LogP contribution < -0.4 is 9.47 Å². The summed E-state index contributed by atoms with van der Waals surface area (Å²) in [5, 5.41) is 1.03. The van der Waals surface area contributed by atoms with E-state index >= 15 is 4.79 Å². The van der Waals surface area contributed by atoms with Crippen molar-refractivity contribution in [2.75, 3.05) is 26.3 Å². The molecule has 6 rings (SSSR count). The Morgan fingerprint density at radius 1 is 0.915 bits per heavy atom. The maximum absolute atomic E-state index is 15.3. The van der Waals surface area contributed by atoms with E-state index in [0.29, 0.717) is 44.7 Å². The van der Waals surface area contributed by atoms with Crippen LogP contribution >= 0.6 is 34.5 Å². The smallest absolute Gasteiger partial charge is 0.416 e. The van der Waals surface area contributed by atoms with Gasteiger partial charge >= 0.3 is 18.4 Å². The number of thiazole rings is 1. The Bertz CT molecular complexity index is 2100. The highest BCUT2D eigenvalue weighted by atomic mass is 35.5. The van der Waals surface area contributed by atoms with E-state index in [1.165, 1.54) is 34.1 Å². The van der Waals surface area contributed by atoms with E-state index in [0.717, 1.165) is 11.6 Å². The molecule has 1 aromatic heterocycles. The number of carbonyl (C=O) groups excluding carboxylic acids is 3. The number of alkyl halides is 3. The first kappa shape index (κ1) is 44.3. The molecule has 1 saturated carbocycles. The molecule has 2 fully saturated rings. The Morgan fingerprint density at radius 2 is 1.54 bits per heavy atom. The van der Waals surface area contributed by atoms with Crippen molar-refractivity contribution in [2.45, 2.75) is 117 Å². The van der Waals surface area contributed by atoms with Crippen molar-refractivity contribution in [3.05, 3.63) is 79.3 Å². The number of halogens is 5. The number of amides is 3. The van der Waals surface area contributed by atoms with E-state index in [-0.39, 0.29) is 61.6 Å². The quantitative estimate of drug-likeness (QED) is 0.185. The van der Waals surface area contributed by atoms with Crippen molar-refractivity contribution in [3.8, 4) is 10.9 Å². The SMILES string of the molecule is Cc1cc(Cl)c(OCCOc2ncc(C3=C(C(=O)N(Cc4cccc(C(F)(F)F)c4C)C4CC4)[C@H]4CN(C(=O)OC(C)(C)C)CC(C3)N4C(=O)OC(C)(C)C)s2)c(Cl)c1. The van der Waals surface area contributed by atoms with Gasteiger partial charge < -0.3 is 28.7 Å². The lowest BCUT2D eigenvalue weighted by Gasteiger charge is -2.51. The fraction of sp³-hybridized carbons (Fsp3) is 0.524. The van der Waals surface area contributed by atoms with Crippen LogP contribution in [0.3, 0.4) is 0 Å². The van der Waals surface area contributed by atoms with Gasteiger partial charge in [-0.05, 0) is 115 Å². The minimum absolute atomic E-state index is 0.0284. The van der Waals surface area contributed by atoms with Gasteiger partial charge in [-0.3, -0.25) is 9.69 Å². The lowest BCUT2D eigenvalue weighted by atomic mass is 9.83. The first-order valence-electron chi connectivity index (χ1n) is 19.4. The van der Waals surface area contributed by atoms with Gasteiger partial charge in [0.15, 0.2) is 5.75 Å². The molecule has 2 aromatic carbocycles. The Balaban J connectivity index is 1.39. The van der Waals surface area contributed by atoms with Gasteiger partial charge in [-0.1, -0.05) is 46.7 Å². The van der Waals surface area contributed by atoms with Crippen LogP contribution in [-0.4, -0.2) is 93.4 Å². The third-order valence-electron chi connectivity index (χ3n) is 9.96. The second kappa shape index (κ2) is 17.0. The molecule has 2 atom stereocenters. The number of benzene rings is 2. The van der Waals surface area contributed by atoms with Gasteiger partial charge in [0.25, 0.3) is 11.1 Å². The molecule has 3 heterocycles. The van der Waals surface area contributed by atoms with Crippen LogP contribution in [0.1, 0.15) is 87.9 Å². The first-order valence-corrected chi connectivity index (χ1v) is 20.9. The molecule has 11 nitrogen and oxygen atoms in total. The van der Waals surface area contributed by atoms with Crippen LogP contribution in [0.5, 0.6) is 10.9 Å². The summed E-state index contributed by atoms with van der Waals surface area (Å²) in [6.45, 7) is 13.8. The molecule has 0 spiro atoms. The number of aryl methyl sites for hydroxylation is 1. The lowest BCUT2D eigenvalue weighted by Crippen LogP contribution is -2.66. The summed E-state index contributed by atoms with van der Waals surface area (Å²) in [7, 11) is 0. The van der Waals surface area contributed by atoms with Crippen LogP contribution in [-0.2, 0) is 27.0 Å². The molecule has 0 N–H and O–H groups in total. The van der Waals surface area contributed by atoms with Gasteiger partial charge in [0, 0.05) is 37.4 Å². The van der Waals surface area contributed by atoms with Crippen LogP contribution in [0.4, 0.5) is 22.8 Å². The van der Waals surface area contributed by atoms with E-state index in [9.17, 15) is 22.8 Å². The Kier molecular flexibility index (Phi) is 12.8. The highest BCUT2D eigenvalue weighted by molar-refractivity contribution is 7.14. The van der Waals surface area contributed by atoms with E-state index < -0.39 is 53.1 Å². The topological polar surface area (TPSA) is 111 Å². The fourth-order valence-corrected chi connectivity index (χ4v) is 8.86. The number of nitrogens with zero attached hydrogens (tertiary/aromatic N) is 4. The molecule has 3 amide bonds. The third kappa shape index (κ3) is 10.6. The minimum atomic E-state index is -4.58. The van der Waals surface area contributed by atoms with Crippen LogP contribution in [0.25, 0.3) is 5.57 Å². The molecule has 2 aliphatic heterocycles. The molecule has 17 heteroatoms. The largest absolute Gasteiger partial charge is 0.487 e. The minimum Gasteiger partial charge on any atom is -0.487 e. The molecule has 2 bridgehead atoms. The van der Waals surface area contributed by atoms with Crippen molar-refractivity contribution in [3.63, 3.8) is 0 Å². The number of aromatic nitrogens is 1. The summed E-state index contributed by atoms with van der Waals surface area (Å²) in [6, 6.07) is 5.56. The monoisotopic (exact) mass is 880 g/mol. The van der Waals surface area contributed by atoms with Gasteiger partial charge in [-0.15, -0.1) is 0 Å². The first-order chi connectivity index (χ1) is 27.5. The molecule has 3 aromatic rings. The van der Waals surface area contributed by atoms with E-state index in [4.69, 9.17) is 42.1 Å². The number of hydrogen-bond acceptors (Lipinski definition) is 9. The summed E-state index contributed by atoms with van der Waals surface area (Å²) >= 11 is 13.9. The van der Waals surface area contributed by atoms with Gasteiger partial charge in [-0.25, -0.2) is 14.6 Å². The summed E-state index contributed by atoms with van der Waals surface area (Å²) in [5.74, 6) is -0.126. The van der Waals surface area contributed by atoms with Gasteiger partial charge in [-0.2, -0.15) is 13.2 Å². The molecule has 3 aliphatic rings. The molecule has 1 unspecified atom stereocenters. The predicted octanol–water partition coefficient (Wildman–Crippen LogP) is 10.1. The maximum Gasteiger partial charge on any atom is 0.416 e. The van der Waals surface area contributed by atoms with Gasteiger partial charge in [0.2, 0.25) is 0 Å². The van der Waals surface area contributed by atoms with Crippen LogP contribution in [0, 0.1) is 13.8 Å². The van der Waals surface area contributed by atoms with E-state index in [1.807, 2.05) is 6.92 Å². The summed E-state index contributed by atoms with van der Waals surface area (Å²) in [6.07, 6.45) is -2.81. The molecule has 0 radical (unpaired) electrons. The fourth-order valence-electron chi connectivity index (χ4n) is 7.29. The number of hydrogen-bond donors (Lipinski definition) is 0. The van der Waals surface area contributed by atoms with E-state index in [1.54, 1.807) is 70.8 Å². The molecular weight excluding hydrogens is 832 g/mol. The van der Waals surface area contributed by atoms with Gasteiger partial charge in [0.1, 0.15) is 24.4 Å². The maximum atomic E-state index is 15.3. The average Bonchev–Trinajstić information content (AvgIpc) is 3.83. The summed E-state index contributed by atoms with van der Waals surface area (Å²) < 4.78 is 65.5. The standard InChI is InChI=1S/C42H49Cl2F3N4O7S/c1-23-16-30(43)35(31(44)17-23)55-14-15-56-37-48-19-33(59-37)28-18-27-21-49(38(53)57-40(3,4)5)22-32(51(27)39(54)58-41(6,7)8)34(28)36(52)50(26-12-13-26)20-25-10-9-11-29(24(25)2)42(45,46)47/h9-11,16-17,19,26-27,32H,12-15,18,20-22H2,1-8H3/t27?,32-/m1/s1. The number of carbonyl (C=O) groups is 3.